The topological polar surface area (TPSA) is 32.3 Å². The van der Waals surface area contributed by atoms with Crippen molar-refractivity contribution in [2.24, 2.45) is 0 Å². The molecule has 0 radical (unpaired) electrons. The van der Waals surface area contributed by atoms with Gasteiger partial charge in [0.25, 0.3) is 0 Å². The average Bonchev–Trinajstić information content (AvgIpc) is 2.26. The zero-order valence-electron chi connectivity index (χ0n) is 8.78. The number of benzene rings is 1. The van der Waals surface area contributed by atoms with Crippen molar-refractivity contribution in [3.05, 3.63) is 47.5 Å². The normalized spacial score (nSPS) is 14.6. The zero-order valence-corrected chi connectivity index (χ0v) is 9.54. The van der Waals surface area contributed by atoms with Crippen LogP contribution in [0.15, 0.2) is 36.9 Å². The molecule has 2 atom stereocenters. The lowest BCUT2D eigenvalue weighted by molar-refractivity contribution is 0.173. The summed E-state index contributed by atoms with van der Waals surface area (Å²) in [7, 11) is 0. The highest BCUT2D eigenvalue weighted by Gasteiger charge is 2.10. The average molecular weight is 226 g/mol. The molecule has 2 N–H and O–H groups in total. The first-order valence-corrected chi connectivity index (χ1v) is 5.31. The molecule has 1 rings (SSSR count). The van der Waals surface area contributed by atoms with E-state index < -0.39 is 6.10 Å². The van der Waals surface area contributed by atoms with Crippen molar-refractivity contribution < 1.29 is 5.11 Å². The molecule has 2 unspecified atom stereocenters. The Morgan fingerprint density at radius 3 is 2.80 bits per heavy atom. The maximum Gasteiger partial charge on any atom is 0.0928 e. The number of nitrogens with one attached hydrogen (secondary N) is 1. The SMILES string of the molecule is C=CC(C)NCC(O)c1ccccc1Cl. The maximum absolute atomic E-state index is 9.86. The van der Waals surface area contributed by atoms with Gasteiger partial charge in [-0.05, 0) is 13.0 Å². The number of aliphatic hydroxyl groups is 1. The molecular weight excluding hydrogens is 210 g/mol. The second-order valence-corrected chi connectivity index (χ2v) is 3.88. The number of rotatable bonds is 5. The molecule has 15 heavy (non-hydrogen) atoms. The molecule has 0 aliphatic carbocycles. The van der Waals surface area contributed by atoms with Crippen molar-refractivity contribution in [1.82, 2.24) is 5.32 Å². The van der Waals surface area contributed by atoms with E-state index in [1.54, 1.807) is 12.1 Å². The van der Waals surface area contributed by atoms with Crippen LogP contribution in [0.3, 0.4) is 0 Å². The molecule has 0 aliphatic rings. The molecule has 0 saturated carbocycles. The molecule has 2 nitrogen and oxygen atoms in total. The van der Waals surface area contributed by atoms with Crippen molar-refractivity contribution in [3.8, 4) is 0 Å². The third-order valence-corrected chi connectivity index (χ3v) is 2.60. The zero-order chi connectivity index (χ0) is 11.3. The Labute approximate surface area is 95.6 Å². The second kappa shape index (κ2) is 5.91. The number of aliphatic hydroxyl groups excluding tert-OH is 1. The Kier molecular flexibility index (Phi) is 4.82. The lowest BCUT2D eigenvalue weighted by Crippen LogP contribution is -2.28. The van der Waals surface area contributed by atoms with Crippen LogP contribution in [-0.4, -0.2) is 17.7 Å². The van der Waals surface area contributed by atoms with Gasteiger partial charge in [0.1, 0.15) is 0 Å². The van der Waals surface area contributed by atoms with Crippen molar-refractivity contribution in [2.75, 3.05) is 6.54 Å². The van der Waals surface area contributed by atoms with Crippen molar-refractivity contribution >= 4 is 11.6 Å². The van der Waals surface area contributed by atoms with Crippen molar-refractivity contribution in [2.45, 2.75) is 19.1 Å². The summed E-state index contributed by atoms with van der Waals surface area (Å²) in [5.41, 5.74) is 0.753. The molecule has 0 fully saturated rings. The van der Waals surface area contributed by atoms with Crippen molar-refractivity contribution in [3.63, 3.8) is 0 Å². The van der Waals surface area contributed by atoms with Gasteiger partial charge in [-0.3, -0.25) is 0 Å². The van der Waals surface area contributed by atoms with Gasteiger partial charge in [0.05, 0.1) is 6.10 Å². The fourth-order valence-corrected chi connectivity index (χ4v) is 1.50. The second-order valence-electron chi connectivity index (χ2n) is 3.47. The predicted molar refractivity (Wildman–Crippen MR) is 64.1 cm³/mol. The Morgan fingerprint density at radius 1 is 1.53 bits per heavy atom. The van der Waals surface area contributed by atoms with Crippen molar-refractivity contribution in [1.29, 1.82) is 0 Å². The highest BCUT2D eigenvalue weighted by Crippen LogP contribution is 2.21. The molecule has 1 aromatic rings. The molecule has 0 saturated heterocycles. The predicted octanol–water partition coefficient (Wildman–Crippen LogP) is 2.54. The minimum atomic E-state index is -0.582. The highest BCUT2D eigenvalue weighted by atomic mass is 35.5. The standard InChI is InChI=1S/C12H16ClNO/c1-3-9(2)14-8-12(15)10-6-4-5-7-11(10)13/h3-7,9,12,14-15H,1,8H2,2H3. The van der Waals surface area contributed by atoms with Crippen LogP contribution in [0.2, 0.25) is 5.02 Å². The van der Waals surface area contributed by atoms with Crippen LogP contribution >= 0.6 is 11.6 Å². The molecule has 3 heteroatoms. The van der Waals surface area contributed by atoms with E-state index in [4.69, 9.17) is 11.6 Å². The summed E-state index contributed by atoms with van der Waals surface area (Å²) in [5, 5.41) is 13.6. The van der Waals surface area contributed by atoms with Gasteiger partial charge >= 0.3 is 0 Å². The third-order valence-electron chi connectivity index (χ3n) is 2.25. The van der Waals surface area contributed by atoms with Gasteiger partial charge in [0, 0.05) is 23.2 Å². The Bertz CT molecular complexity index is 327. The molecule has 0 heterocycles. The summed E-state index contributed by atoms with van der Waals surface area (Å²) >= 11 is 5.96. The van der Waals surface area contributed by atoms with Crippen LogP contribution in [0.4, 0.5) is 0 Å². The molecule has 1 aromatic carbocycles. The molecule has 0 aromatic heterocycles. The molecule has 0 bridgehead atoms. The quantitative estimate of drug-likeness (QED) is 0.755. The Balaban J connectivity index is 2.57. The summed E-state index contributed by atoms with van der Waals surface area (Å²) in [5.74, 6) is 0. The van der Waals surface area contributed by atoms with E-state index in [9.17, 15) is 5.11 Å². The molecule has 0 spiro atoms. The van der Waals surface area contributed by atoms with E-state index in [2.05, 4.69) is 11.9 Å². The van der Waals surface area contributed by atoms with E-state index >= 15 is 0 Å². The first kappa shape index (κ1) is 12.2. The van der Waals surface area contributed by atoms with Gasteiger partial charge in [-0.2, -0.15) is 0 Å². The van der Waals surface area contributed by atoms with E-state index in [-0.39, 0.29) is 6.04 Å². The molecular formula is C12H16ClNO. The minimum absolute atomic E-state index is 0.183. The summed E-state index contributed by atoms with van der Waals surface area (Å²) in [4.78, 5) is 0. The van der Waals surface area contributed by atoms with Gasteiger partial charge in [-0.25, -0.2) is 0 Å². The van der Waals surface area contributed by atoms with Gasteiger partial charge in [0.15, 0.2) is 0 Å². The van der Waals surface area contributed by atoms with Crippen LogP contribution < -0.4 is 5.32 Å². The lowest BCUT2D eigenvalue weighted by atomic mass is 10.1. The summed E-state index contributed by atoms with van der Waals surface area (Å²) < 4.78 is 0. The van der Waals surface area contributed by atoms with Crippen LogP contribution in [0.1, 0.15) is 18.6 Å². The number of halogens is 1. The van der Waals surface area contributed by atoms with E-state index in [1.807, 2.05) is 25.1 Å². The van der Waals surface area contributed by atoms with Crippen LogP contribution in [-0.2, 0) is 0 Å². The first-order chi connectivity index (χ1) is 7.15. The largest absolute Gasteiger partial charge is 0.387 e. The van der Waals surface area contributed by atoms with Gasteiger partial charge in [-0.1, -0.05) is 35.9 Å². The van der Waals surface area contributed by atoms with Gasteiger partial charge in [0.2, 0.25) is 0 Å². The van der Waals surface area contributed by atoms with E-state index in [0.717, 1.165) is 5.56 Å². The Hall–Kier alpha value is -0.830. The van der Waals surface area contributed by atoms with E-state index in [0.29, 0.717) is 11.6 Å². The monoisotopic (exact) mass is 225 g/mol. The number of hydrogen-bond acceptors (Lipinski definition) is 2. The fourth-order valence-electron chi connectivity index (χ4n) is 1.24. The fraction of sp³-hybridized carbons (Fsp3) is 0.333. The van der Waals surface area contributed by atoms with Crippen LogP contribution in [0.25, 0.3) is 0 Å². The van der Waals surface area contributed by atoms with Gasteiger partial charge < -0.3 is 10.4 Å². The molecule has 0 aliphatic heterocycles. The Morgan fingerprint density at radius 2 is 2.20 bits per heavy atom. The molecule has 0 amide bonds. The van der Waals surface area contributed by atoms with Crippen LogP contribution in [0.5, 0.6) is 0 Å². The summed E-state index contributed by atoms with van der Waals surface area (Å²) in [6.07, 6.45) is 1.21. The maximum atomic E-state index is 9.86. The van der Waals surface area contributed by atoms with E-state index in [1.165, 1.54) is 0 Å². The summed E-state index contributed by atoms with van der Waals surface area (Å²) in [6.45, 7) is 6.11. The first-order valence-electron chi connectivity index (χ1n) is 4.93. The smallest absolute Gasteiger partial charge is 0.0928 e. The van der Waals surface area contributed by atoms with Gasteiger partial charge in [-0.15, -0.1) is 6.58 Å². The molecule has 82 valence electrons. The third kappa shape index (κ3) is 3.67. The minimum Gasteiger partial charge on any atom is -0.387 e. The lowest BCUT2D eigenvalue weighted by Gasteiger charge is -2.15. The summed E-state index contributed by atoms with van der Waals surface area (Å²) in [6, 6.07) is 7.49. The highest BCUT2D eigenvalue weighted by molar-refractivity contribution is 6.31. The number of hydrogen-bond donors (Lipinski definition) is 2. The van der Waals surface area contributed by atoms with Crippen LogP contribution in [0, 0.1) is 0 Å².